The molecule has 1 aromatic carbocycles. The lowest BCUT2D eigenvalue weighted by atomic mass is 10.1. The summed E-state index contributed by atoms with van der Waals surface area (Å²) in [4.78, 5) is 0. The fraction of sp³-hybridized carbons (Fsp3) is 0.500. The van der Waals surface area contributed by atoms with Crippen LogP contribution in [0.15, 0.2) is 30.3 Å². The number of hydrogen-bond acceptors (Lipinski definition) is 3. The third-order valence-electron chi connectivity index (χ3n) is 2.30. The van der Waals surface area contributed by atoms with Gasteiger partial charge in [-0.1, -0.05) is 30.3 Å². The zero-order valence-corrected chi connectivity index (χ0v) is 9.06. The molecule has 0 aliphatic carbocycles. The summed E-state index contributed by atoms with van der Waals surface area (Å²) in [5, 5.41) is 21.0. The summed E-state index contributed by atoms with van der Waals surface area (Å²) in [6.07, 6.45) is 0.266. The van der Waals surface area contributed by atoms with Gasteiger partial charge in [0, 0.05) is 12.6 Å². The lowest BCUT2D eigenvalue weighted by molar-refractivity contribution is 0.0924. The molecule has 0 radical (unpaired) electrons. The van der Waals surface area contributed by atoms with Crippen molar-refractivity contribution in [1.82, 2.24) is 5.32 Å². The van der Waals surface area contributed by atoms with E-state index in [1.165, 1.54) is 5.56 Å². The molecule has 3 nitrogen and oxygen atoms in total. The molecule has 0 aliphatic heterocycles. The number of aliphatic hydroxyl groups is 2. The number of benzene rings is 1. The Labute approximate surface area is 90.8 Å². The lowest BCUT2D eigenvalue weighted by Gasteiger charge is -2.15. The second kappa shape index (κ2) is 6.56. The second-order valence-corrected chi connectivity index (χ2v) is 3.84. The topological polar surface area (TPSA) is 52.5 Å². The monoisotopic (exact) mass is 209 g/mol. The Morgan fingerprint density at radius 2 is 1.93 bits per heavy atom. The third-order valence-corrected chi connectivity index (χ3v) is 2.30. The number of hydrogen-bond donors (Lipinski definition) is 3. The minimum Gasteiger partial charge on any atom is -0.394 e. The molecule has 3 heteroatoms. The maximum absolute atomic E-state index is 9.16. The maximum atomic E-state index is 9.16. The first-order valence-corrected chi connectivity index (χ1v) is 5.28. The fourth-order valence-corrected chi connectivity index (χ4v) is 1.44. The molecule has 0 amide bonds. The first-order chi connectivity index (χ1) is 7.22. The molecule has 0 aromatic heterocycles. The minimum atomic E-state index is -0.664. The molecule has 1 rings (SSSR count). The van der Waals surface area contributed by atoms with Crippen molar-refractivity contribution in [1.29, 1.82) is 0 Å². The van der Waals surface area contributed by atoms with E-state index in [-0.39, 0.29) is 6.61 Å². The summed E-state index contributed by atoms with van der Waals surface area (Å²) < 4.78 is 0. The zero-order chi connectivity index (χ0) is 11.1. The molecular formula is C12H19NO2. The molecule has 0 aliphatic rings. The van der Waals surface area contributed by atoms with Crippen LogP contribution in [0.25, 0.3) is 0 Å². The molecule has 3 N–H and O–H groups in total. The van der Waals surface area contributed by atoms with E-state index in [2.05, 4.69) is 24.4 Å². The first kappa shape index (κ1) is 12.2. The van der Waals surface area contributed by atoms with Gasteiger partial charge in [-0.15, -0.1) is 0 Å². The van der Waals surface area contributed by atoms with E-state index in [1.807, 2.05) is 18.2 Å². The standard InChI is InChI=1S/C12H19NO2/c1-10(13-8-12(15)9-14)7-11-5-3-2-4-6-11/h2-6,10,12-15H,7-9H2,1H3. The third kappa shape index (κ3) is 4.93. The summed E-state index contributed by atoms with van der Waals surface area (Å²) >= 11 is 0. The lowest BCUT2D eigenvalue weighted by Crippen LogP contribution is -2.36. The van der Waals surface area contributed by atoms with Gasteiger partial charge < -0.3 is 15.5 Å². The Morgan fingerprint density at radius 1 is 1.27 bits per heavy atom. The van der Waals surface area contributed by atoms with Gasteiger partial charge in [0.25, 0.3) is 0 Å². The van der Waals surface area contributed by atoms with Crippen LogP contribution in [0.4, 0.5) is 0 Å². The molecule has 1 aromatic rings. The average Bonchev–Trinajstić information content (AvgIpc) is 2.27. The Bertz CT molecular complexity index is 264. The summed E-state index contributed by atoms with van der Waals surface area (Å²) in [5.41, 5.74) is 1.27. The Morgan fingerprint density at radius 3 is 2.53 bits per heavy atom. The van der Waals surface area contributed by atoms with Crippen molar-refractivity contribution >= 4 is 0 Å². The average molecular weight is 209 g/mol. The molecule has 15 heavy (non-hydrogen) atoms. The minimum absolute atomic E-state index is 0.189. The highest BCUT2D eigenvalue weighted by molar-refractivity contribution is 5.15. The van der Waals surface area contributed by atoms with Gasteiger partial charge >= 0.3 is 0 Å². The quantitative estimate of drug-likeness (QED) is 0.641. The summed E-state index contributed by atoms with van der Waals surface area (Å²) in [5.74, 6) is 0. The highest BCUT2D eigenvalue weighted by Gasteiger charge is 2.06. The van der Waals surface area contributed by atoms with Crippen molar-refractivity contribution in [3.8, 4) is 0 Å². The van der Waals surface area contributed by atoms with Gasteiger partial charge in [0.2, 0.25) is 0 Å². The number of rotatable bonds is 6. The predicted molar refractivity (Wildman–Crippen MR) is 60.7 cm³/mol. The van der Waals surface area contributed by atoms with Crippen molar-refractivity contribution in [3.05, 3.63) is 35.9 Å². The van der Waals surface area contributed by atoms with Crippen molar-refractivity contribution < 1.29 is 10.2 Å². The van der Waals surface area contributed by atoms with Gasteiger partial charge in [-0.05, 0) is 18.9 Å². The fourth-order valence-electron chi connectivity index (χ4n) is 1.44. The Balaban J connectivity index is 2.27. The van der Waals surface area contributed by atoms with Gasteiger partial charge in [-0.3, -0.25) is 0 Å². The van der Waals surface area contributed by atoms with E-state index < -0.39 is 6.10 Å². The predicted octanol–water partition coefficient (Wildman–Crippen LogP) is 0.560. The van der Waals surface area contributed by atoms with E-state index in [1.54, 1.807) is 0 Å². The van der Waals surface area contributed by atoms with E-state index in [0.29, 0.717) is 12.6 Å². The van der Waals surface area contributed by atoms with Crippen LogP contribution in [0.2, 0.25) is 0 Å². The molecule has 0 saturated carbocycles. The van der Waals surface area contributed by atoms with Crippen LogP contribution in [-0.2, 0) is 6.42 Å². The van der Waals surface area contributed by atoms with Crippen LogP contribution in [0.5, 0.6) is 0 Å². The SMILES string of the molecule is CC(Cc1ccccc1)NCC(O)CO. The van der Waals surface area contributed by atoms with E-state index in [9.17, 15) is 0 Å². The van der Waals surface area contributed by atoms with Crippen molar-refractivity contribution in [2.45, 2.75) is 25.5 Å². The zero-order valence-electron chi connectivity index (χ0n) is 9.06. The van der Waals surface area contributed by atoms with Crippen LogP contribution in [0, 0.1) is 0 Å². The molecule has 2 unspecified atom stereocenters. The van der Waals surface area contributed by atoms with Crippen LogP contribution < -0.4 is 5.32 Å². The van der Waals surface area contributed by atoms with Crippen LogP contribution in [0.1, 0.15) is 12.5 Å². The largest absolute Gasteiger partial charge is 0.394 e. The summed E-state index contributed by atoms with van der Waals surface area (Å²) in [7, 11) is 0. The molecular weight excluding hydrogens is 190 g/mol. The van der Waals surface area contributed by atoms with E-state index in [4.69, 9.17) is 10.2 Å². The first-order valence-electron chi connectivity index (χ1n) is 5.28. The molecule has 0 bridgehead atoms. The van der Waals surface area contributed by atoms with Gasteiger partial charge in [-0.2, -0.15) is 0 Å². The second-order valence-electron chi connectivity index (χ2n) is 3.84. The molecule has 0 fully saturated rings. The van der Waals surface area contributed by atoms with Crippen molar-refractivity contribution in [3.63, 3.8) is 0 Å². The van der Waals surface area contributed by atoms with Crippen LogP contribution in [-0.4, -0.2) is 35.5 Å². The maximum Gasteiger partial charge on any atom is 0.0895 e. The normalized spacial score (nSPS) is 14.9. The summed E-state index contributed by atoms with van der Waals surface area (Å²) in [6.45, 7) is 2.31. The van der Waals surface area contributed by atoms with Gasteiger partial charge in [0.05, 0.1) is 12.7 Å². The summed E-state index contributed by atoms with van der Waals surface area (Å²) in [6, 6.07) is 10.5. The highest BCUT2D eigenvalue weighted by atomic mass is 16.3. The van der Waals surface area contributed by atoms with Crippen molar-refractivity contribution in [2.75, 3.05) is 13.2 Å². The molecule has 0 heterocycles. The van der Waals surface area contributed by atoms with Gasteiger partial charge in [0.1, 0.15) is 0 Å². The number of nitrogens with one attached hydrogen (secondary N) is 1. The smallest absolute Gasteiger partial charge is 0.0895 e. The highest BCUT2D eigenvalue weighted by Crippen LogP contribution is 2.02. The van der Waals surface area contributed by atoms with Crippen LogP contribution >= 0.6 is 0 Å². The van der Waals surface area contributed by atoms with Crippen LogP contribution in [0.3, 0.4) is 0 Å². The molecule has 0 spiro atoms. The van der Waals surface area contributed by atoms with E-state index in [0.717, 1.165) is 6.42 Å². The van der Waals surface area contributed by atoms with Crippen molar-refractivity contribution in [2.24, 2.45) is 0 Å². The Hall–Kier alpha value is -0.900. The molecule has 0 saturated heterocycles. The van der Waals surface area contributed by atoms with Gasteiger partial charge in [0.15, 0.2) is 0 Å². The molecule has 84 valence electrons. The van der Waals surface area contributed by atoms with E-state index >= 15 is 0 Å². The Kier molecular flexibility index (Phi) is 5.32. The number of aliphatic hydroxyl groups excluding tert-OH is 2. The molecule has 2 atom stereocenters. The van der Waals surface area contributed by atoms with Gasteiger partial charge in [-0.25, -0.2) is 0 Å².